The van der Waals surface area contributed by atoms with Gasteiger partial charge in [-0.1, -0.05) is 12.1 Å². The van der Waals surface area contributed by atoms with E-state index in [1.807, 2.05) is 0 Å². The first-order valence-electron chi connectivity index (χ1n) is 9.04. The van der Waals surface area contributed by atoms with Crippen molar-refractivity contribution in [3.8, 4) is 5.69 Å². The standard InChI is InChI=1S/C21H17F2N3O3/c1-29-21(28)12-9-10-14(22)16(11-12)24-20(27)19-13-5-4-8-17(13)26(25-19)18-7-3-2-6-15(18)23/h2-3,6-7,9-11H,4-5,8H2,1H3,(H,24,27). The van der Waals surface area contributed by atoms with E-state index in [0.717, 1.165) is 23.7 Å². The van der Waals surface area contributed by atoms with Gasteiger partial charge < -0.3 is 10.1 Å². The van der Waals surface area contributed by atoms with Crippen LogP contribution in [0.15, 0.2) is 42.5 Å². The quantitative estimate of drug-likeness (QED) is 0.682. The van der Waals surface area contributed by atoms with E-state index in [1.165, 1.54) is 30.0 Å². The fourth-order valence-corrected chi connectivity index (χ4v) is 3.49. The zero-order valence-corrected chi connectivity index (χ0v) is 15.5. The molecule has 2 aromatic carbocycles. The summed E-state index contributed by atoms with van der Waals surface area (Å²) in [6.45, 7) is 0. The third-order valence-electron chi connectivity index (χ3n) is 4.86. The van der Waals surface area contributed by atoms with Gasteiger partial charge in [0.2, 0.25) is 0 Å². The Bertz CT molecular complexity index is 1120. The van der Waals surface area contributed by atoms with E-state index in [4.69, 9.17) is 0 Å². The number of para-hydroxylation sites is 1. The van der Waals surface area contributed by atoms with Crippen molar-refractivity contribution >= 4 is 17.6 Å². The van der Waals surface area contributed by atoms with Crippen LogP contribution >= 0.6 is 0 Å². The number of nitrogens with zero attached hydrogens (tertiary/aromatic N) is 2. The Hall–Kier alpha value is -3.55. The number of carbonyl (C=O) groups is 2. The summed E-state index contributed by atoms with van der Waals surface area (Å²) >= 11 is 0. The lowest BCUT2D eigenvalue weighted by atomic mass is 10.1. The molecule has 0 fully saturated rings. The van der Waals surface area contributed by atoms with Crippen molar-refractivity contribution in [3.63, 3.8) is 0 Å². The summed E-state index contributed by atoms with van der Waals surface area (Å²) in [6, 6.07) is 9.72. The van der Waals surface area contributed by atoms with Gasteiger partial charge in [-0.05, 0) is 49.6 Å². The number of nitrogens with one attached hydrogen (secondary N) is 1. The monoisotopic (exact) mass is 397 g/mol. The van der Waals surface area contributed by atoms with Crippen molar-refractivity contribution in [2.75, 3.05) is 12.4 Å². The second kappa shape index (κ2) is 7.46. The van der Waals surface area contributed by atoms with Crippen molar-refractivity contribution in [2.45, 2.75) is 19.3 Å². The van der Waals surface area contributed by atoms with E-state index in [9.17, 15) is 18.4 Å². The number of hydrogen-bond donors (Lipinski definition) is 1. The molecule has 0 saturated heterocycles. The van der Waals surface area contributed by atoms with E-state index in [2.05, 4.69) is 15.2 Å². The number of amides is 1. The van der Waals surface area contributed by atoms with Crippen LogP contribution in [-0.2, 0) is 17.6 Å². The molecule has 1 heterocycles. The Kier molecular flexibility index (Phi) is 4.84. The molecule has 1 aromatic heterocycles. The molecule has 0 saturated carbocycles. The summed E-state index contributed by atoms with van der Waals surface area (Å²) in [5.74, 6) is -2.42. The van der Waals surface area contributed by atoms with Gasteiger partial charge in [0.15, 0.2) is 5.69 Å². The summed E-state index contributed by atoms with van der Waals surface area (Å²) in [5, 5.41) is 6.78. The summed E-state index contributed by atoms with van der Waals surface area (Å²) in [4.78, 5) is 24.5. The van der Waals surface area contributed by atoms with Gasteiger partial charge in [0, 0.05) is 11.3 Å². The van der Waals surface area contributed by atoms with E-state index in [1.54, 1.807) is 18.2 Å². The highest BCUT2D eigenvalue weighted by molar-refractivity contribution is 6.05. The lowest BCUT2D eigenvalue weighted by molar-refractivity contribution is 0.0600. The van der Waals surface area contributed by atoms with E-state index in [0.29, 0.717) is 12.8 Å². The molecule has 0 bridgehead atoms. The van der Waals surface area contributed by atoms with Gasteiger partial charge in [0.1, 0.15) is 17.3 Å². The van der Waals surface area contributed by atoms with Crippen molar-refractivity contribution in [2.24, 2.45) is 0 Å². The molecular formula is C21H17F2N3O3. The van der Waals surface area contributed by atoms with Gasteiger partial charge in [0.25, 0.3) is 5.91 Å². The maximum atomic E-state index is 14.3. The van der Waals surface area contributed by atoms with Gasteiger partial charge in [-0.15, -0.1) is 0 Å². The van der Waals surface area contributed by atoms with Crippen LogP contribution in [0.1, 0.15) is 38.5 Å². The van der Waals surface area contributed by atoms with Crippen LogP contribution in [0.5, 0.6) is 0 Å². The third kappa shape index (κ3) is 3.37. The van der Waals surface area contributed by atoms with Crippen LogP contribution in [0.2, 0.25) is 0 Å². The zero-order chi connectivity index (χ0) is 20.5. The molecule has 6 nitrogen and oxygen atoms in total. The second-order valence-electron chi connectivity index (χ2n) is 6.63. The second-order valence-corrected chi connectivity index (χ2v) is 6.63. The van der Waals surface area contributed by atoms with Crippen molar-refractivity contribution in [1.82, 2.24) is 9.78 Å². The molecule has 0 aliphatic heterocycles. The number of aromatic nitrogens is 2. The predicted octanol–water partition coefficient (Wildman–Crippen LogP) is 3.68. The van der Waals surface area contributed by atoms with Gasteiger partial charge in [0.05, 0.1) is 18.4 Å². The first-order valence-corrected chi connectivity index (χ1v) is 9.04. The van der Waals surface area contributed by atoms with Gasteiger partial charge in [-0.3, -0.25) is 4.79 Å². The fourth-order valence-electron chi connectivity index (χ4n) is 3.49. The summed E-state index contributed by atoms with van der Waals surface area (Å²) in [6.07, 6.45) is 2.10. The Morgan fingerprint density at radius 1 is 1.10 bits per heavy atom. The number of hydrogen-bond acceptors (Lipinski definition) is 4. The van der Waals surface area contributed by atoms with Crippen LogP contribution in [-0.4, -0.2) is 28.8 Å². The Morgan fingerprint density at radius 3 is 2.66 bits per heavy atom. The van der Waals surface area contributed by atoms with Crippen molar-refractivity contribution in [3.05, 3.63) is 76.6 Å². The minimum Gasteiger partial charge on any atom is -0.465 e. The number of esters is 1. The first kappa shape index (κ1) is 18.8. The Balaban J connectivity index is 1.70. The fraction of sp³-hybridized carbons (Fsp3) is 0.190. The SMILES string of the molecule is COC(=O)c1ccc(F)c(NC(=O)c2nn(-c3ccccc3F)c3c2CCC3)c1. The molecule has 148 valence electrons. The lowest BCUT2D eigenvalue weighted by Gasteiger charge is -2.08. The van der Waals surface area contributed by atoms with E-state index in [-0.39, 0.29) is 22.6 Å². The molecule has 29 heavy (non-hydrogen) atoms. The van der Waals surface area contributed by atoms with E-state index < -0.39 is 23.5 Å². The maximum absolute atomic E-state index is 14.3. The normalized spacial score (nSPS) is 12.5. The first-order chi connectivity index (χ1) is 14.0. The number of methoxy groups -OCH3 is 1. The lowest BCUT2D eigenvalue weighted by Crippen LogP contribution is -2.16. The van der Waals surface area contributed by atoms with Gasteiger partial charge in [-0.2, -0.15) is 5.10 Å². The summed E-state index contributed by atoms with van der Waals surface area (Å²) < 4.78 is 34.5. The van der Waals surface area contributed by atoms with Gasteiger partial charge in [-0.25, -0.2) is 18.3 Å². The molecule has 3 aromatic rings. The molecule has 1 N–H and O–H groups in total. The number of halogens is 2. The highest BCUT2D eigenvalue weighted by Gasteiger charge is 2.28. The number of carbonyl (C=O) groups excluding carboxylic acids is 2. The number of anilines is 1. The molecule has 0 unspecified atom stereocenters. The highest BCUT2D eigenvalue weighted by atomic mass is 19.1. The number of ether oxygens (including phenoxy) is 1. The van der Waals surface area contributed by atoms with Crippen LogP contribution in [0.3, 0.4) is 0 Å². The molecule has 0 spiro atoms. The molecular weight excluding hydrogens is 380 g/mol. The number of benzene rings is 2. The van der Waals surface area contributed by atoms with Crippen LogP contribution in [0.4, 0.5) is 14.5 Å². The number of fused-ring (bicyclic) bond motifs is 1. The predicted molar refractivity (Wildman–Crippen MR) is 101 cm³/mol. The smallest absolute Gasteiger partial charge is 0.337 e. The Labute approximate surface area is 165 Å². The molecule has 4 rings (SSSR count). The maximum Gasteiger partial charge on any atom is 0.337 e. The molecule has 1 aliphatic carbocycles. The van der Waals surface area contributed by atoms with Gasteiger partial charge >= 0.3 is 5.97 Å². The minimum atomic E-state index is -0.698. The zero-order valence-electron chi connectivity index (χ0n) is 15.5. The van der Waals surface area contributed by atoms with E-state index >= 15 is 0 Å². The topological polar surface area (TPSA) is 73.2 Å². The summed E-state index contributed by atoms with van der Waals surface area (Å²) in [5.41, 5.74) is 1.79. The average Bonchev–Trinajstić information content (AvgIpc) is 3.32. The molecule has 8 heteroatoms. The molecule has 1 aliphatic rings. The van der Waals surface area contributed by atoms with Crippen LogP contribution < -0.4 is 5.32 Å². The van der Waals surface area contributed by atoms with Crippen LogP contribution in [0, 0.1) is 11.6 Å². The Morgan fingerprint density at radius 2 is 1.90 bits per heavy atom. The number of rotatable bonds is 4. The van der Waals surface area contributed by atoms with Crippen molar-refractivity contribution < 1.29 is 23.1 Å². The summed E-state index contributed by atoms with van der Waals surface area (Å²) in [7, 11) is 1.21. The molecule has 0 atom stereocenters. The average molecular weight is 397 g/mol. The highest BCUT2D eigenvalue weighted by Crippen LogP contribution is 2.29. The minimum absolute atomic E-state index is 0.103. The molecule has 0 radical (unpaired) electrons. The van der Waals surface area contributed by atoms with Crippen molar-refractivity contribution in [1.29, 1.82) is 0 Å². The largest absolute Gasteiger partial charge is 0.465 e. The molecule has 1 amide bonds. The third-order valence-corrected chi connectivity index (χ3v) is 4.86. The van der Waals surface area contributed by atoms with Crippen LogP contribution in [0.25, 0.3) is 5.69 Å².